The Hall–Kier alpha value is -3.61. The topological polar surface area (TPSA) is 80.7 Å². The van der Waals surface area contributed by atoms with Crippen molar-refractivity contribution in [2.45, 2.75) is 19.4 Å². The molecule has 1 aromatic heterocycles. The minimum atomic E-state index is 0.0293. The number of amides is 1. The van der Waals surface area contributed by atoms with Gasteiger partial charge in [0.2, 0.25) is 5.91 Å². The summed E-state index contributed by atoms with van der Waals surface area (Å²) in [6.07, 6.45) is 1.46. The molecule has 7 heteroatoms. The van der Waals surface area contributed by atoms with Crippen molar-refractivity contribution in [1.82, 2.24) is 10.3 Å². The Labute approximate surface area is 202 Å². The number of hydrogen-bond acceptors (Lipinski definition) is 4. The number of benzene rings is 3. The molecule has 0 unspecified atom stereocenters. The lowest BCUT2D eigenvalue weighted by Gasteiger charge is -2.16. The summed E-state index contributed by atoms with van der Waals surface area (Å²) < 4.78 is 0. The van der Waals surface area contributed by atoms with Crippen LogP contribution in [-0.4, -0.2) is 35.3 Å². The molecular formula is C27H25ClN4O2. The van der Waals surface area contributed by atoms with E-state index in [4.69, 9.17) is 16.6 Å². The Kier molecular flexibility index (Phi) is 6.09. The molecule has 6 nitrogen and oxygen atoms in total. The highest BCUT2D eigenvalue weighted by atomic mass is 35.5. The van der Waals surface area contributed by atoms with Crippen LogP contribution >= 0.6 is 11.6 Å². The molecule has 0 saturated carbocycles. The number of carbonyl (C=O) groups is 1. The van der Waals surface area contributed by atoms with E-state index in [1.807, 2.05) is 66.5 Å². The molecule has 34 heavy (non-hydrogen) atoms. The molecule has 0 radical (unpaired) electrons. The number of carbonyl (C=O) groups excluding carboxylic acids is 1. The Morgan fingerprint density at radius 2 is 1.88 bits per heavy atom. The maximum absolute atomic E-state index is 12.2. The van der Waals surface area contributed by atoms with Gasteiger partial charge in [0.15, 0.2) is 5.88 Å². The normalized spacial score (nSPS) is 14.4. The highest BCUT2D eigenvalue weighted by Gasteiger charge is 2.23. The largest absolute Gasteiger partial charge is 0.494 e. The quantitative estimate of drug-likeness (QED) is 0.322. The lowest BCUT2D eigenvalue weighted by molar-refractivity contribution is -0.117. The molecule has 4 aromatic rings. The summed E-state index contributed by atoms with van der Waals surface area (Å²) in [5.74, 6) is 0.177. The molecule has 1 fully saturated rings. The first-order valence-corrected chi connectivity index (χ1v) is 11.6. The van der Waals surface area contributed by atoms with E-state index in [2.05, 4.69) is 10.3 Å². The summed E-state index contributed by atoms with van der Waals surface area (Å²) in [7, 11) is 1.91. The van der Waals surface area contributed by atoms with Crippen molar-refractivity contribution >= 4 is 45.5 Å². The van der Waals surface area contributed by atoms with Gasteiger partial charge < -0.3 is 20.3 Å². The van der Waals surface area contributed by atoms with Crippen LogP contribution in [0.3, 0.4) is 0 Å². The second kappa shape index (κ2) is 9.33. The van der Waals surface area contributed by atoms with Crippen molar-refractivity contribution in [3.05, 3.63) is 88.4 Å². The van der Waals surface area contributed by atoms with Gasteiger partial charge in [0.05, 0.1) is 22.5 Å². The minimum absolute atomic E-state index is 0.0293. The third kappa shape index (κ3) is 4.30. The van der Waals surface area contributed by atoms with E-state index < -0.39 is 0 Å². The number of aromatic nitrogens is 1. The van der Waals surface area contributed by atoms with E-state index in [0.29, 0.717) is 22.7 Å². The molecule has 2 heterocycles. The van der Waals surface area contributed by atoms with Crippen LogP contribution in [0.4, 0.5) is 11.4 Å². The smallest absolute Gasteiger partial charge is 0.227 e. The van der Waals surface area contributed by atoms with Crippen molar-refractivity contribution < 1.29 is 9.90 Å². The second-order valence-electron chi connectivity index (χ2n) is 8.39. The van der Waals surface area contributed by atoms with Crippen molar-refractivity contribution in [3.8, 4) is 5.88 Å². The lowest BCUT2D eigenvalue weighted by atomic mass is 10.00. The van der Waals surface area contributed by atoms with Crippen molar-refractivity contribution in [2.75, 3.05) is 18.5 Å². The number of nitrogens with zero attached hydrogens (tertiary/aromatic N) is 2. The van der Waals surface area contributed by atoms with Crippen molar-refractivity contribution in [2.24, 2.45) is 4.99 Å². The summed E-state index contributed by atoms with van der Waals surface area (Å²) >= 11 is 6.17. The summed E-state index contributed by atoms with van der Waals surface area (Å²) in [6.45, 7) is 1.51. The summed E-state index contributed by atoms with van der Waals surface area (Å²) in [6, 6.07) is 21.2. The number of H-pyrrole nitrogens is 1. The lowest BCUT2D eigenvalue weighted by Crippen LogP contribution is -2.23. The number of aliphatic imine (C=N–C) groups is 1. The number of aromatic hydroxyl groups is 1. The van der Waals surface area contributed by atoms with Crippen LogP contribution < -0.4 is 10.2 Å². The zero-order valence-electron chi connectivity index (χ0n) is 18.8. The fourth-order valence-electron chi connectivity index (χ4n) is 4.40. The molecule has 1 aliphatic heterocycles. The molecular weight excluding hydrogens is 448 g/mol. The second-order valence-corrected chi connectivity index (χ2v) is 8.83. The van der Waals surface area contributed by atoms with Crippen LogP contribution in [0.25, 0.3) is 10.9 Å². The number of nitrogens with one attached hydrogen (secondary N) is 2. The molecule has 0 aliphatic carbocycles. The van der Waals surface area contributed by atoms with Crippen LogP contribution in [-0.2, 0) is 11.3 Å². The Morgan fingerprint density at radius 3 is 2.56 bits per heavy atom. The number of hydrogen-bond donors (Lipinski definition) is 3. The van der Waals surface area contributed by atoms with Gasteiger partial charge in [-0.25, -0.2) is 4.99 Å². The van der Waals surface area contributed by atoms with E-state index in [-0.39, 0.29) is 11.8 Å². The van der Waals surface area contributed by atoms with Gasteiger partial charge in [-0.05, 0) is 55.4 Å². The van der Waals surface area contributed by atoms with Gasteiger partial charge in [-0.1, -0.05) is 41.9 Å². The highest BCUT2D eigenvalue weighted by molar-refractivity contribution is 6.31. The molecule has 1 aliphatic rings. The predicted octanol–water partition coefficient (Wildman–Crippen LogP) is 5.54. The number of anilines is 1. The number of halogens is 1. The monoisotopic (exact) mass is 472 g/mol. The summed E-state index contributed by atoms with van der Waals surface area (Å²) in [5, 5.41) is 15.4. The first-order chi connectivity index (χ1) is 16.5. The predicted molar refractivity (Wildman–Crippen MR) is 138 cm³/mol. The van der Waals surface area contributed by atoms with E-state index in [0.717, 1.165) is 52.9 Å². The maximum Gasteiger partial charge on any atom is 0.227 e. The van der Waals surface area contributed by atoms with Crippen LogP contribution in [0.5, 0.6) is 5.88 Å². The molecule has 5 rings (SSSR count). The maximum atomic E-state index is 12.2. The van der Waals surface area contributed by atoms with Crippen LogP contribution in [0.15, 0.2) is 71.7 Å². The first-order valence-electron chi connectivity index (χ1n) is 11.3. The Balaban J connectivity index is 1.62. The van der Waals surface area contributed by atoms with Gasteiger partial charge in [-0.2, -0.15) is 0 Å². The number of fused-ring (bicyclic) bond motifs is 1. The Morgan fingerprint density at radius 1 is 1.12 bits per heavy atom. The van der Waals surface area contributed by atoms with Crippen LogP contribution in [0.1, 0.15) is 29.5 Å². The fourth-order valence-corrected chi connectivity index (χ4v) is 4.57. The van der Waals surface area contributed by atoms with Crippen molar-refractivity contribution in [1.29, 1.82) is 0 Å². The summed E-state index contributed by atoms with van der Waals surface area (Å²) in [4.78, 5) is 21.9. The molecule has 1 amide bonds. The zero-order chi connectivity index (χ0) is 23.7. The van der Waals surface area contributed by atoms with Crippen LogP contribution in [0, 0.1) is 0 Å². The number of aromatic amines is 1. The first kappa shape index (κ1) is 22.2. The molecule has 172 valence electrons. The van der Waals surface area contributed by atoms with E-state index in [1.54, 1.807) is 12.1 Å². The highest BCUT2D eigenvalue weighted by Crippen LogP contribution is 2.33. The van der Waals surface area contributed by atoms with Gasteiger partial charge >= 0.3 is 0 Å². The minimum Gasteiger partial charge on any atom is -0.494 e. The van der Waals surface area contributed by atoms with Gasteiger partial charge in [0.25, 0.3) is 0 Å². The summed E-state index contributed by atoms with van der Waals surface area (Å²) in [5.41, 5.74) is 5.61. The van der Waals surface area contributed by atoms with Gasteiger partial charge in [0.1, 0.15) is 0 Å². The van der Waals surface area contributed by atoms with Gasteiger partial charge in [0, 0.05) is 41.2 Å². The molecule has 1 saturated heterocycles. The van der Waals surface area contributed by atoms with E-state index >= 15 is 0 Å². The zero-order valence-corrected chi connectivity index (χ0v) is 19.6. The van der Waals surface area contributed by atoms with Gasteiger partial charge in [-0.15, -0.1) is 0 Å². The van der Waals surface area contributed by atoms with E-state index in [1.165, 1.54) is 0 Å². The Bertz CT molecular complexity index is 1370. The SMILES string of the molecule is CNCc1ccc(N=C(c2ccc(N3CCCC3=O)cc2)c2c(O)[nH]c3cc(Cl)ccc23)cc1. The number of rotatable bonds is 6. The van der Waals surface area contributed by atoms with Crippen LogP contribution in [0.2, 0.25) is 5.02 Å². The molecule has 0 bridgehead atoms. The standard InChI is InChI=1S/C27H25ClN4O2/c1-29-16-17-4-9-20(10-5-17)30-26(25-22-13-8-19(28)15-23(22)31-27(25)34)18-6-11-21(12-7-18)32-14-2-3-24(32)33/h4-13,15,29,31,34H,2-3,14,16H2,1H3. The van der Waals surface area contributed by atoms with Gasteiger partial charge in [-0.3, -0.25) is 4.79 Å². The average molecular weight is 473 g/mol. The van der Waals surface area contributed by atoms with Crippen molar-refractivity contribution in [3.63, 3.8) is 0 Å². The fraction of sp³-hybridized carbons (Fsp3) is 0.185. The third-order valence-corrected chi connectivity index (χ3v) is 6.30. The molecule has 3 N–H and O–H groups in total. The average Bonchev–Trinajstić information content (AvgIpc) is 3.40. The molecule has 0 spiro atoms. The van der Waals surface area contributed by atoms with E-state index in [9.17, 15) is 9.90 Å². The molecule has 3 aromatic carbocycles. The molecule has 0 atom stereocenters. The third-order valence-electron chi connectivity index (χ3n) is 6.06.